The SMILES string of the molecule is CNc1nc(NC(C)CCCC(C)C)c2cc(C)sc2n1. The molecule has 2 N–H and O–H groups in total. The molecule has 0 spiro atoms. The van der Waals surface area contributed by atoms with Gasteiger partial charge in [-0.25, -0.2) is 4.98 Å². The van der Waals surface area contributed by atoms with Crippen molar-refractivity contribution in [2.24, 2.45) is 5.92 Å². The maximum absolute atomic E-state index is 4.59. The smallest absolute Gasteiger partial charge is 0.225 e. The number of aryl methyl sites for hydroxylation is 1. The zero-order valence-electron chi connectivity index (χ0n) is 13.7. The minimum Gasteiger partial charge on any atom is -0.367 e. The number of aromatic nitrogens is 2. The van der Waals surface area contributed by atoms with E-state index in [4.69, 9.17) is 0 Å². The lowest BCUT2D eigenvalue weighted by atomic mass is 10.0. The lowest BCUT2D eigenvalue weighted by Gasteiger charge is -2.16. The number of thiophene rings is 1. The Morgan fingerprint density at radius 3 is 2.62 bits per heavy atom. The van der Waals surface area contributed by atoms with Gasteiger partial charge >= 0.3 is 0 Å². The van der Waals surface area contributed by atoms with Crippen molar-refractivity contribution in [1.82, 2.24) is 9.97 Å². The van der Waals surface area contributed by atoms with Gasteiger partial charge in [-0.15, -0.1) is 11.3 Å². The van der Waals surface area contributed by atoms with E-state index in [1.807, 2.05) is 7.05 Å². The highest BCUT2D eigenvalue weighted by molar-refractivity contribution is 7.18. The van der Waals surface area contributed by atoms with E-state index in [0.29, 0.717) is 12.0 Å². The molecule has 0 bridgehead atoms. The highest BCUT2D eigenvalue weighted by atomic mass is 32.1. The first kappa shape index (κ1) is 16.0. The van der Waals surface area contributed by atoms with Crippen LogP contribution in [0.2, 0.25) is 0 Å². The monoisotopic (exact) mass is 306 g/mol. The van der Waals surface area contributed by atoms with Gasteiger partial charge in [0.15, 0.2) is 0 Å². The first-order chi connectivity index (χ1) is 9.99. The van der Waals surface area contributed by atoms with Crippen LogP contribution in [0.5, 0.6) is 0 Å². The molecule has 0 aliphatic carbocycles. The quantitative estimate of drug-likeness (QED) is 0.780. The molecule has 1 atom stereocenters. The number of nitrogens with one attached hydrogen (secondary N) is 2. The van der Waals surface area contributed by atoms with Crippen molar-refractivity contribution in [3.8, 4) is 0 Å². The van der Waals surface area contributed by atoms with Crippen LogP contribution in [0.1, 0.15) is 44.9 Å². The van der Waals surface area contributed by atoms with Gasteiger partial charge in [-0.2, -0.15) is 4.98 Å². The van der Waals surface area contributed by atoms with E-state index in [0.717, 1.165) is 22.0 Å². The topological polar surface area (TPSA) is 49.8 Å². The summed E-state index contributed by atoms with van der Waals surface area (Å²) >= 11 is 1.71. The van der Waals surface area contributed by atoms with E-state index in [-0.39, 0.29) is 0 Å². The van der Waals surface area contributed by atoms with Gasteiger partial charge in [0.05, 0.1) is 5.39 Å². The van der Waals surface area contributed by atoms with Crippen LogP contribution in [0, 0.1) is 12.8 Å². The molecule has 2 aromatic heterocycles. The molecular weight excluding hydrogens is 280 g/mol. The fraction of sp³-hybridized carbons (Fsp3) is 0.625. The molecular formula is C16H26N4S. The molecule has 0 aliphatic rings. The van der Waals surface area contributed by atoms with Crippen LogP contribution in [0.4, 0.5) is 11.8 Å². The molecule has 5 heteroatoms. The zero-order chi connectivity index (χ0) is 15.4. The third kappa shape index (κ3) is 4.30. The Labute approximate surface area is 131 Å². The Morgan fingerprint density at radius 2 is 1.95 bits per heavy atom. The molecule has 2 rings (SSSR count). The fourth-order valence-electron chi connectivity index (χ4n) is 2.40. The largest absolute Gasteiger partial charge is 0.367 e. The van der Waals surface area contributed by atoms with Gasteiger partial charge in [0.1, 0.15) is 10.6 Å². The van der Waals surface area contributed by atoms with Gasteiger partial charge < -0.3 is 10.6 Å². The highest BCUT2D eigenvalue weighted by Gasteiger charge is 2.12. The van der Waals surface area contributed by atoms with E-state index < -0.39 is 0 Å². The second kappa shape index (κ2) is 7.07. The Bertz CT molecular complexity index is 591. The molecule has 2 heterocycles. The summed E-state index contributed by atoms with van der Waals surface area (Å²) in [7, 11) is 1.86. The summed E-state index contributed by atoms with van der Waals surface area (Å²) in [5.41, 5.74) is 0. The Kier molecular flexibility index (Phi) is 5.39. The van der Waals surface area contributed by atoms with Crippen molar-refractivity contribution in [2.45, 2.75) is 53.0 Å². The van der Waals surface area contributed by atoms with E-state index in [1.54, 1.807) is 11.3 Å². The summed E-state index contributed by atoms with van der Waals surface area (Å²) in [4.78, 5) is 11.4. The van der Waals surface area contributed by atoms with E-state index in [2.05, 4.69) is 54.4 Å². The van der Waals surface area contributed by atoms with Crippen molar-refractivity contribution < 1.29 is 0 Å². The van der Waals surface area contributed by atoms with Crippen molar-refractivity contribution in [3.63, 3.8) is 0 Å². The number of hydrogen-bond donors (Lipinski definition) is 2. The zero-order valence-corrected chi connectivity index (χ0v) is 14.5. The predicted octanol–water partition coefficient (Wildman–Crippen LogP) is 4.67. The second-order valence-electron chi connectivity index (χ2n) is 6.09. The normalized spacial score (nSPS) is 12.9. The van der Waals surface area contributed by atoms with Crippen LogP contribution in [0.25, 0.3) is 10.2 Å². The van der Waals surface area contributed by atoms with Crippen LogP contribution >= 0.6 is 11.3 Å². The fourth-order valence-corrected chi connectivity index (χ4v) is 3.28. The molecule has 0 amide bonds. The summed E-state index contributed by atoms with van der Waals surface area (Å²) in [5, 5.41) is 7.74. The molecule has 0 saturated carbocycles. The minimum atomic E-state index is 0.423. The standard InChI is InChI=1S/C16H26N4S/c1-10(2)7-6-8-11(3)18-14-13-9-12(4)21-15(13)20-16(17-5)19-14/h9-11H,6-8H2,1-5H3,(H2,17,18,19,20). The van der Waals surface area contributed by atoms with Gasteiger partial charge in [0.25, 0.3) is 0 Å². The highest BCUT2D eigenvalue weighted by Crippen LogP contribution is 2.30. The Morgan fingerprint density at radius 1 is 1.19 bits per heavy atom. The second-order valence-corrected chi connectivity index (χ2v) is 7.33. The summed E-state index contributed by atoms with van der Waals surface area (Å²) in [6.07, 6.45) is 3.70. The molecule has 4 nitrogen and oxygen atoms in total. The lowest BCUT2D eigenvalue weighted by Crippen LogP contribution is -2.17. The van der Waals surface area contributed by atoms with Crippen LogP contribution in [-0.2, 0) is 0 Å². The average molecular weight is 306 g/mol. The summed E-state index contributed by atoms with van der Waals surface area (Å²) in [6, 6.07) is 2.59. The first-order valence-electron chi connectivity index (χ1n) is 7.72. The number of anilines is 2. The Hall–Kier alpha value is -1.36. The maximum Gasteiger partial charge on any atom is 0.225 e. The molecule has 0 aromatic carbocycles. The molecule has 0 radical (unpaired) electrons. The van der Waals surface area contributed by atoms with E-state index >= 15 is 0 Å². The molecule has 0 saturated heterocycles. The molecule has 1 unspecified atom stereocenters. The summed E-state index contributed by atoms with van der Waals surface area (Å²) in [5.74, 6) is 2.41. The molecule has 116 valence electrons. The van der Waals surface area contributed by atoms with Crippen molar-refractivity contribution in [2.75, 3.05) is 17.7 Å². The van der Waals surface area contributed by atoms with Crippen LogP contribution < -0.4 is 10.6 Å². The summed E-state index contributed by atoms with van der Waals surface area (Å²) < 4.78 is 0. The molecule has 0 fully saturated rings. The van der Waals surface area contributed by atoms with Crippen LogP contribution in [0.15, 0.2) is 6.07 Å². The third-order valence-electron chi connectivity index (χ3n) is 3.54. The molecule has 0 aliphatic heterocycles. The van der Waals surface area contributed by atoms with Crippen molar-refractivity contribution >= 4 is 33.3 Å². The molecule has 2 aromatic rings. The number of nitrogens with zero attached hydrogens (tertiary/aromatic N) is 2. The third-order valence-corrected chi connectivity index (χ3v) is 4.49. The average Bonchev–Trinajstić information content (AvgIpc) is 2.78. The van der Waals surface area contributed by atoms with Gasteiger partial charge in [-0.3, -0.25) is 0 Å². The molecule has 21 heavy (non-hydrogen) atoms. The predicted molar refractivity (Wildman–Crippen MR) is 93.5 cm³/mol. The van der Waals surface area contributed by atoms with Crippen LogP contribution in [0.3, 0.4) is 0 Å². The minimum absolute atomic E-state index is 0.423. The van der Waals surface area contributed by atoms with E-state index in [1.165, 1.54) is 24.1 Å². The van der Waals surface area contributed by atoms with Crippen molar-refractivity contribution in [3.05, 3.63) is 10.9 Å². The lowest BCUT2D eigenvalue weighted by molar-refractivity contribution is 0.520. The number of rotatable bonds is 7. The number of fused-ring (bicyclic) bond motifs is 1. The summed E-state index contributed by atoms with van der Waals surface area (Å²) in [6.45, 7) is 8.90. The van der Waals surface area contributed by atoms with Crippen molar-refractivity contribution in [1.29, 1.82) is 0 Å². The van der Waals surface area contributed by atoms with Gasteiger partial charge in [-0.1, -0.05) is 26.7 Å². The maximum atomic E-state index is 4.59. The van der Waals surface area contributed by atoms with E-state index in [9.17, 15) is 0 Å². The van der Waals surface area contributed by atoms with Gasteiger partial charge in [0, 0.05) is 18.0 Å². The van der Waals surface area contributed by atoms with Crippen LogP contribution in [-0.4, -0.2) is 23.1 Å². The number of hydrogen-bond acceptors (Lipinski definition) is 5. The Balaban J connectivity index is 2.12. The van der Waals surface area contributed by atoms with Gasteiger partial charge in [-0.05, 0) is 32.3 Å². The first-order valence-corrected chi connectivity index (χ1v) is 8.53. The van der Waals surface area contributed by atoms with Gasteiger partial charge in [0.2, 0.25) is 5.95 Å².